The second-order valence-electron chi connectivity index (χ2n) is 10.7. The molecule has 192 valence electrons. The van der Waals surface area contributed by atoms with Crippen LogP contribution in [0.5, 0.6) is 5.75 Å². The predicted molar refractivity (Wildman–Crippen MR) is 131 cm³/mol. The summed E-state index contributed by atoms with van der Waals surface area (Å²) in [7, 11) is -2.18. The molecule has 2 fully saturated rings. The lowest BCUT2D eigenvalue weighted by molar-refractivity contribution is -0.122. The Morgan fingerprint density at radius 1 is 1.14 bits per heavy atom. The fraction of sp³-hybridized carbons (Fsp3) is 0.640. The van der Waals surface area contributed by atoms with E-state index in [0.717, 1.165) is 19.3 Å². The third-order valence-electron chi connectivity index (χ3n) is 7.03. The second kappa shape index (κ2) is 9.89. The van der Waals surface area contributed by atoms with Gasteiger partial charge in [-0.25, -0.2) is 8.42 Å². The first-order chi connectivity index (χ1) is 16.5. The molecule has 35 heavy (non-hydrogen) atoms. The van der Waals surface area contributed by atoms with Crippen molar-refractivity contribution in [1.82, 2.24) is 20.8 Å². The van der Waals surface area contributed by atoms with Gasteiger partial charge in [0, 0.05) is 18.1 Å². The molecule has 0 aliphatic heterocycles. The Balaban J connectivity index is 1.35. The van der Waals surface area contributed by atoms with Crippen molar-refractivity contribution in [3.63, 3.8) is 0 Å². The Bertz CT molecular complexity index is 1160. The number of carbonyl (C=O) groups excluding carboxylic acids is 1. The van der Waals surface area contributed by atoms with Crippen molar-refractivity contribution in [3.05, 3.63) is 35.0 Å². The van der Waals surface area contributed by atoms with Gasteiger partial charge in [0.25, 0.3) is 0 Å². The van der Waals surface area contributed by atoms with Crippen LogP contribution in [-0.2, 0) is 26.8 Å². The summed E-state index contributed by atoms with van der Waals surface area (Å²) in [5.74, 6) is 0.127. The minimum absolute atomic E-state index is 0.0228. The lowest BCUT2D eigenvalue weighted by Crippen LogP contribution is -2.52. The molecule has 2 saturated carbocycles. The van der Waals surface area contributed by atoms with E-state index in [0.29, 0.717) is 29.0 Å². The van der Waals surface area contributed by atoms with Gasteiger partial charge in [-0.15, -0.1) is 0 Å². The number of methoxy groups -OCH3 is 1. The fourth-order valence-electron chi connectivity index (χ4n) is 5.19. The van der Waals surface area contributed by atoms with Gasteiger partial charge in [-0.2, -0.15) is 4.98 Å². The second-order valence-corrected chi connectivity index (χ2v) is 12.6. The minimum atomic E-state index is -3.72. The van der Waals surface area contributed by atoms with Gasteiger partial charge in [-0.1, -0.05) is 19.0 Å². The number of aromatic nitrogens is 2. The van der Waals surface area contributed by atoms with Crippen molar-refractivity contribution in [2.24, 2.45) is 5.41 Å². The molecule has 0 radical (unpaired) electrons. The van der Waals surface area contributed by atoms with Crippen LogP contribution >= 0.6 is 0 Å². The van der Waals surface area contributed by atoms with Crippen molar-refractivity contribution in [2.45, 2.75) is 95.0 Å². The van der Waals surface area contributed by atoms with Gasteiger partial charge < -0.3 is 19.9 Å². The highest BCUT2D eigenvalue weighted by Crippen LogP contribution is 2.37. The molecule has 2 aromatic rings. The molecule has 2 atom stereocenters. The monoisotopic (exact) mass is 504 g/mol. The van der Waals surface area contributed by atoms with E-state index in [-0.39, 0.29) is 40.4 Å². The van der Waals surface area contributed by atoms with Gasteiger partial charge in [0.15, 0.2) is 15.7 Å². The lowest BCUT2D eigenvalue weighted by atomic mass is 9.71. The molecule has 0 bridgehead atoms. The third kappa shape index (κ3) is 6.22. The highest BCUT2D eigenvalue weighted by Gasteiger charge is 2.39. The highest BCUT2D eigenvalue weighted by atomic mass is 32.2. The maximum absolute atomic E-state index is 13.1. The number of nitrogens with zero attached hydrogens (tertiary/aromatic N) is 2. The predicted octanol–water partition coefficient (Wildman–Crippen LogP) is 3.03. The first-order valence-corrected chi connectivity index (χ1v) is 13.9. The zero-order valence-corrected chi connectivity index (χ0v) is 22.0. The summed E-state index contributed by atoms with van der Waals surface area (Å²) in [5.41, 5.74) is 1.15. The molecule has 2 unspecified atom stereocenters. The number of aryl methyl sites for hydroxylation is 2. The fourth-order valence-corrected chi connectivity index (χ4v) is 6.88. The molecule has 9 nitrogen and oxygen atoms in total. The summed E-state index contributed by atoms with van der Waals surface area (Å²) in [6.07, 6.45) is 5.46. The standard InChI is InChI=1S/C25H36N4O5S/c1-15-10-19(33-5)11-16(2)24(15)35(31,32)14-23-28-21(29-34-23)12-22(30)27-20-9-8-18(13-25(20,3)4)26-17-6-7-17/h10-11,17-18,20,26H,6-9,12-14H2,1-5H3,(H,27,30). The molecule has 2 aliphatic rings. The van der Waals surface area contributed by atoms with E-state index < -0.39 is 15.6 Å². The summed E-state index contributed by atoms with van der Waals surface area (Å²) >= 11 is 0. The van der Waals surface area contributed by atoms with Gasteiger partial charge in [-0.05, 0) is 74.6 Å². The summed E-state index contributed by atoms with van der Waals surface area (Å²) < 4.78 is 36.5. The Hall–Kier alpha value is -2.46. The van der Waals surface area contributed by atoms with E-state index in [2.05, 4.69) is 34.6 Å². The highest BCUT2D eigenvalue weighted by molar-refractivity contribution is 7.90. The van der Waals surface area contributed by atoms with E-state index in [1.54, 1.807) is 26.0 Å². The van der Waals surface area contributed by atoms with Crippen LogP contribution in [0.15, 0.2) is 21.6 Å². The van der Waals surface area contributed by atoms with E-state index in [1.165, 1.54) is 20.0 Å². The van der Waals surface area contributed by atoms with Crippen molar-refractivity contribution in [2.75, 3.05) is 7.11 Å². The zero-order valence-electron chi connectivity index (χ0n) is 21.2. The largest absolute Gasteiger partial charge is 0.497 e. The maximum atomic E-state index is 13.1. The number of benzene rings is 1. The Morgan fingerprint density at radius 2 is 1.80 bits per heavy atom. The van der Waals surface area contributed by atoms with Crippen molar-refractivity contribution in [3.8, 4) is 5.75 Å². The van der Waals surface area contributed by atoms with Gasteiger partial charge >= 0.3 is 0 Å². The third-order valence-corrected chi connectivity index (χ3v) is 8.92. The van der Waals surface area contributed by atoms with Crippen molar-refractivity contribution in [1.29, 1.82) is 0 Å². The average molecular weight is 505 g/mol. The molecule has 0 spiro atoms. The van der Waals surface area contributed by atoms with Crippen LogP contribution in [-0.4, -0.2) is 49.7 Å². The zero-order chi connectivity index (χ0) is 25.4. The number of carbonyl (C=O) groups is 1. The van der Waals surface area contributed by atoms with Crippen molar-refractivity contribution < 1.29 is 22.5 Å². The average Bonchev–Trinajstić information content (AvgIpc) is 3.46. The number of amides is 1. The molecular formula is C25H36N4O5S. The first-order valence-electron chi connectivity index (χ1n) is 12.2. The molecule has 0 saturated heterocycles. The van der Waals surface area contributed by atoms with Crippen LogP contribution in [0.4, 0.5) is 0 Å². The van der Waals surface area contributed by atoms with Crippen LogP contribution in [0.1, 0.15) is 68.8 Å². The SMILES string of the molecule is COc1cc(C)c(S(=O)(=O)Cc2nc(CC(=O)NC3CCC(NC4CC4)CC3(C)C)no2)c(C)c1. The quantitative estimate of drug-likeness (QED) is 0.534. The molecular weight excluding hydrogens is 468 g/mol. The first kappa shape index (κ1) is 25.6. The van der Waals surface area contributed by atoms with Gasteiger partial charge in [-0.3, -0.25) is 4.79 Å². The Labute approximate surface area is 207 Å². The molecule has 1 heterocycles. The van der Waals surface area contributed by atoms with Crippen LogP contribution in [0.2, 0.25) is 0 Å². The summed E-state index contributed by atoms with van der Waals surface area (Å²) in [5, 5.41) is 10.7. The van der Waals surface area contributed by atoms with Gasteiger partial charge in [0.2, 0.25) is 11.8 Å². The topological polar surface area (TPSA) is 123 Å². The van der Waals surface area contributed by atoms with E-state index >= 15 is 0 Å². The lowest BCUT2D eigenvalue weighted by Gasteiger charge is -2.43. The number of sulfone groups is 1. The number of hydrogen-bond acceptors (Lipinski definition) is 8. The smallest absolute Gasteiger partial charge is 0.242 e. The van der Waals surface area contributed by atoms with Gasteiger partial charge in [0.1, 0.15) is 11.5 Å². The number of rotatable bonds is 9. The minimum Gasteiger partial charge on any atom is -0.497 e. The molecule has 1 aromatic carbocycles. The van der Waals surface area contributed by atoms with Crippen molar-refractivity contribution >= 4 is 15.7 Å². The molecule has 1 amide bonds. The maximum Gasteiger partial charge on any atom is 0.242 e. The summed E-state index contributed by atoms with van der Waals surface area (Å²) in [6, 6.07) is 4.61. The van der Waals surface area contributed by atoms with Crippen LogP contribution in [0, 0.1) is 19.3 Å². The molecule has 1 aromatic heterocycles. The number of nitrogens with one attached hydrogen (secondary N) is 2. The summed E-state index contributed by atoms with van der Waals surface area (Å²) in [6.45, 7) is 7.84. The molecule has 2 N–H and O–H groups in total. The number of ether oxygens (including phenoxy) is 1. The number of hydrogen-bond donors (Lipinski definition) is 2. The van der Waals surface area contributed by atoms with Gasteiger partial charge in [0.05, 0.1) is 18.4 Å². The molecule has 2 aliphatic carbocycles. The van der Waals surface area contributed by atoms with E-state index in [4.69, 9.17) is 9.26 Å². The van der Waals surface area contributed by atoms with Crippen LogP contribution in [0.3, 0.4) is 0 Å². The van der Waals surface area contributed by atoms with Crippen LogP contribution < -0.4 is 15.4 Å². The molecule has 4 rings (SSSR count). The Kier molecular flexibility index (Phi) is 7.24. The van der Waals surface area contributed by atoms with E-state index in [1.807, 2.05) is 0 Å². The van der Waals surface area contributed by atoms with Crippen LogP contribution in [0.25, 0.3) is 0 Å². The molecule has 10 heteroatoms. The normalized spacial score (nSPS) is 22.1. The Morgan fingerprint density at radius 3 is 2.40 bits per heavy atom. The van der Waals surface area contributed by atoms with E-state index in [9.17, 15) is 13.2 Å². The summed E-state index contributed by atoms with van der Waals surface area (Å²) in [4.78, 5) is 17.1.